The van der Waals surface area contributed by atoms with Crippen LogP contribution < -0.4 is 5.32 Å². The highest BCUT2D eigenvalue weighted by Crippen LogP contribution is 2.69. The van der Waals surface area contributed by atoms with Crippen molar-refractivity contribution in [2.45, 2.75) is 58.5 Å². The Bertz CT molecular complexity index is 1240. The van der Waals surface area contributed by atoms with Gasteiger partial charge in [-0.05, 0) is 74.1 Å². The van der Waals surface area contributed by atoms with Gasteiger partial charge in [0.1, 0.15) is 0 Å². The third kappa shape index (κ3) is 3.51. The van der Waals surface area contributed by atoms with Gasteiger partial charge in [0, 0.05) is 35.9 Å². The minimum Gasteiger partial charge on any atom is -0.444 e. The lowest BCUT2D eigenvalue weighted by Crippen LogP contribution is -2.63. The van der Waals surface area contributed by atoms with Crippen LogP contribution in [-0.4, -0.2) is 35.2 Å². The number of non-ortho nitro benzene ring substituents is 1. The van der Waals surface area contributed by atoms with Crippen LogP contribution in [0, 0.1) is 44.6 Å². The largest absolute Gasteiger partial charge is 0.444 e. The van der Waals surface area contributed by atoms with E-state index in [1.807, 2.05) is 13.0 Å². The zero-order chi connectivity index (χ0) is 26.8. The van der Waals surface area contributed by atoms with Crippen LogP contribution in [0.15, 0.2) is 48.1 Å². The summed E-state index contributed by atoms with van der Waals surface area (Å²) in [5, 5.41) is 13.8. The minimum atomic E-state index is -1.36. The predicted octanol–water partition coefficient (Wildman–Crippen LogP) is 4.79. The van der Waals surface area contributed by atoms with Crippen LogP contribution in [0.5, 0.6) is 0 Å². The van der Waals surface area contributed by atoms with E-state index in [0.29, 0.717) is 11.8 Å². The van der Waals surface area contributed by atoms with Crippen molar-refractivity contribution in [1.29, 1.82) is 0 Å². The lowest BCUT2D eigenvalue weighted by molar-refractivity contribution is -0.384. The number of carbonyl (C=O) groups excluding carboxylic acids is 3. The van der Waals surface area contributed by atoms with Crippen LogP contribution >= 0.6 is 0 Å². The zero-order valence-electron chi connectivity index (χ0n) is 21.8. The second-order valence-corrected chi connectivity index (χ2v) is 11.7. The number of hydrogen-bond donors (Lipinski definition) is 1. The number of ketones is 1. The standard InChI is InChI=1S/C29H34N2O6/c1-17-15-24-22-10-7-19-16-21(32)11-13-27(19,2)23(22)12-14-28(24,3)29(17,26(34)30-4)37-25(33)18-5-8-20(9-6-18)31(35)36/h5-6,8-9,11,13,16-17,22-24H,7,10,12,14-15H2,1-4H3,(H,30,34). The Hall–Kier alpha value is -3.29. The van der Waals surface area contributed by atoms with Crippen LogP contribution in [-0.2, 0) is 14.3 Å². The molecule has 0 bridgehead atoms. The summed E-state index contributed by atoms with van der Waals surface area (Å²) in [4.78, 5) is 49.7. The van der Waals surface area contributed by atoms with Crippen molar-refractivity contribution in [3.8, 4) is 0 Å². The third-order valence-corrected chi connectivity index (χ3v) is 10.2. The van der Waals surface area contributed by atoms with Crippen LogP contribution in [0.25, 0.3) is 0 Å². The van der Waals surface area contributed by atoms with Crippen molar-refractivity contribution in [2.24, 2.45) is 34.5 Å². The molecule has 4 aliphatic carbocycles. The highest BCUT2D eigenvalue weighted by atomic mass is 16.6. The average Bonchev–Trinajstić information content (AvgIpc) is 3.10. The van der Waals surface area contributed by atoms with E-state index in [4.69, 9.17) is 4.74 Å². The molecule has 8 heteroatoms. The van der Waals surface area contributed by atoms with Crippen molar-refractivity contribution in [3.05, 3.63) is 63.7 Å². The molecule has 8 nitrogen and oxygen atoms in total. The second kappa shape index (κ2) is 8.64. The Balaban J connectivity index is 1.50. The number of allylic oxidation sites excluding steroid dienone is 4. The molecule has 7 unspecified atom stereocenters. The molecular formula is C29H34N2O6. The summed E-state index contributed by atoms with van der Waals surface area (Å²) < 4.78 is 6.26. The van der Waals surface area contributed by atoms with Gasteiger partial charge in [-0.3, -0.25) is 19.7 Å². The van der Waals surface area contributed by atoms with Crippen molar-refractivity contribution in [2.75, 3.05) is 7.05 Å². The van der Waals surface area contributed by atoms with Gasteiger partial charge in [-0.1, -0.05) is 32.4 Å². The number of likely N-dealkylation sites (N-methyl/N-ethyl adjacent to an activating group) is 1. The summed E-state index contributed by atoms with van der Waals surface area (Å²) in [5.41, 5.74) is -0.831. The van der Waals surface area contributed by atoms with Gasteiger partial charge in [0.15, 0.2) is 11.4 Å². The number of nitrogens with one attached hydrogen (secondary N) is 1. The van der Waals surface area contributed by atoms with Gasteiger partial charge in [-0.15, -0.1) is 0 Å². The number of amides is 1. The van der Waals surface area contributed by atoms with Gasteiger partial charge in [0.25, 0.3) is 11.6 Å². The van der Waals surface area contributed by atoms with Crippen LogP contribution in [0.2, 0.25) is 0 Å². The molecular weight excluding hydrogens is 472 g/mol. The molecule has 7 atom stereocenters. The number of hydrogen-bond acceptors (Lipinski definition) is 6. The third-order valence-electron chi connectivity index (χ3n) is 10.2. The lowest BCUT2D eigenvalue weighted by atomic mass is 9.47. The average molecular weight is 507 g/mol. The molecule has 0 radical (unpaired) electrons. The van der Waals surface area contributed by atoms with Gasteiger partial charge in [0.05, 0.1) is 10.5 Å². The molecule has 0 saturated heterocycles. The summed E-state index contributed by atoms with van der Waals surface area (Å²) in [5.74, 6) is -0.242. The molecule has 0 heterocycles. The molecule has 0 spiro atoms. The monoisotopic (exact) mass is 506 g/mol. The summed E-state index contributed by atoms with van der Waals surface area (Å²) in [7, 11) is 1.57. The van der Waals surface area contributed by atoms with Gasteiger partial charge >= 0.3 is 5.97 Å². The molecule has 0 aromatic heterocycles. The number of nitro groups is 1. The molecule has 1 N–H and O–H groups in total. The number of nitrogens with zero attached hydrogens (tertiary/aromatic N) is 1. The molecule has 3 saturated carbocycles. The Labute approximate surface area is 216 Å². The van der Waals surface area contributed by atoms with Gasteiger partial charge in [0.2, 0.25) is 0 Å². The number of carbonyl (C=O) groups is 3. The van der Waals surface area contributed by atoms with Crippen molar-refractivity contribution in [3.63, 3.8) is 0 Å². The topological polar surface area (TPSA) is 116 Å². The number of fused-ring (bicyclic) bond motifs is 5. The fourth-order valence-corrected chi connectivity index (χ4v) is 8.38. The van der Waals surface area contributed by atoms with E-state index in [9.17, 15) is 24.5 Å². The maximum atomic E-state index is 13.7. The quantitative estimate of drug-likeness (QED) is 0.357. The van der Waals surface area contributed by atoms with E-state index >= 15 is 0 Å². The number of esters is 1. The Morgan fingerprint density at radius 1 is 1.14 bits per heavy atom. The van der Waals surface area contributed by atoms with Crippen LogP contribution in [0.3, 0.4) is 0 Å². The maximum Gasteiger partial charge on any atom is 0.339 e. The van der Waals surface area contributed by atoms with E-state index in [1.165, 1.54) is 29.8 Å². The van der Waals surface area contributed by atoms with Crippen molar-refractivity contribution >= 4 is 23.3 Å². The summed E-state index contributed by atoms with van der Waals surface area (Å²) in [6.07, 6.45) is 9.73. The molecule has 5 rings (SSSR count). The summed E-state index contributed by atoms with van der Waals surface area (Å²) in [6.45, 7) is 6.33. The molecule has 3 fully saturated rings. The molecule has 0 aliphatic heterocycles. The van der Waals surface area contributed by atoms with E-state index in [0.717, 1.165) is 32.1 Å². The Kier molecular flexibility index (Phi) is 5.92. The molecule has 196 valence electrons. The maximum absolute atomic E-state index is 13.7. The first kappa shape index (κ1) is 25.4. The lowest BCUT2D eigenvalue weighted by Gasteiger charge is -2.58. The van der Waals surface area contributed by atoms with Gasteiger partial charge in [-0.25, -0.2) is 4.79 Å². The predicted molar refractivity (Wildman–Crippen MR) is 136 cm³/mol. The van der Waals surface area contributed by atoms with E-state index < -0.39 is 21.9 Å². The zero-order valence-corrected chi connectivity index (χ0v) is 21.8. The SMILES string of the molecule is CNC(=O)C1(OC(=O)c2ccc([N+](=O)[O-])cc2)C(C)CC2C3CCC4=CC(=O)C=CC4(C)C3CCC21C. The van der Waals surface area contributed by atoms with Gasteiger partial charge < -0.3 is 10.1 Å². The Morgan fingerprint density at radius 2 is 1.84 bits per heavy atom. The summed E-state index contributed by atoms with van der Waals surface area (Å²) in [6, 6.07) is 5.29. The highest BCUT2D eigenvalue weighted by Gasteiger charge is 2.71. The van der Waals surface area contributed by atoms with E-state index in [1.54, 1.807) is 13.1 Å². The van der Waals surface area contributed by atoms with Gasteiger partial charge in [-0.2, -0.15) is 0 Å². The van der Waals surface area contributed by atoms with Crippen molar-refractivity contribution < 1.29 is 24.0 Å². The first-order valence-corrected chi connectivity index (χ1v) is 13.1. The second-order valence-electron chi connectivity index (χ2n) is 11.7. The molecule has 37 heavy (non-hydrogen) atoms. The molecule has 4 aliphatic rings. The minimum absolute atomic E-state index is 0.0536. The fourth-order valence-electron chi connectivity index (χ4n) is 8.38. The molecule has 1 amide bonds. The Morgan fingerprint density at radius 3 is 2.49 bits per heavy atom. The first-order valence-electron chi connectivity index (χ1n) is 13.1. The number of benzene rings is 1. The van der Waals surface area contributed by atoms with Crippen LogP contribution in [0.1, 0.15) is 63.2 Å². The smallest absolute Gasteiger partial charge is 0.339 e. The first-order chi connectivity index (χ1) is 17.5. The number of ether oxygens (including phenoxy) is 1. The van der Waals surface area contributed by atoms with E-state index in [-0.39, 0.29) is 40.2 Å². The molecule has 1 aromatic carbocycles. The summed E-state index contributed by atoms with van der Waals surface area (Å²) >= 11 is 0. The van der Waals surface area contributed by atoms with E-state index in [2.05, 4.69) is 25.2 Å². The number of nitro benzene ring substituents is 1. The van der Waals surface area contributed by atoms with Crippen LogP contribution in [0.4, 0.5) is 5.69 Å². The number of rotatable bonds is 4. The fraction of sp³-hybridized carbons (Fsp3) is 0.552. The molecule has 1 aromatic rings. The highest BCUT2D eigenvalue weighted by molar-refractivity contribution is 6.01. The van der Waals surface area contributed by atoms with Crippen molar-refractivity contribution in [1.82, 2.24) is 5.32 Å². The normalized spacial score (nSPS) is 38.1.